The Morgan fingerprint density at radius 2 is 2.18 bits per heavy atom. The van der Waals surface area contributed by atoms with Crippen LogP contribution in [0.3, 0.4) is 0 Å². The Morgan fingerprint density at radius 3 is 2.82 bits per heavy atom. The molecule has 0 saturated heterocycles. The lowest BCUT2D eigenvalue weighted by Gasteiger charge is -2.09. The van der Waals surface area contributed by atoms with Crippen molar-refractivity contribution in [3.05, 3.63) is 28.4 Å². The molecule has 0 aliphatic carbocycles. The van der Waals surface area contributed by atoms with Crippen LogP contribution in [0.5, 0.6) is 0 Å². The average molecular weight is 253 g/mol. The summed E-state index contributed by atoms with van der Waals surface area (Å²) in [6, 6.07) is 0. The van der Waals surface area contributed by atoms with Gasteiger partial charge in [-0.05, 0) is 25.4 Å². The van der Waals surface area contributed by atoms with Crippen LogP contribution in [0.15, 0.2) is 6.20 Å². The molecular weight excluding hydrogens is 240 g/mol. The van der Waals surface area contributed by atoms with E-state index in [2.05, 4.69) is 25.5 Å². The van der Waals surface area contributed by atoms with Crippen molar-refractivity contribution < 1.29 is 0 Å². The summed E-state index contributed by atoms with van der Waals surface area (Å²) < 4.78 is 0. The molecule has 4 N–H and O–H groups in total. The van der Waals surface area contributed by atoms with Crippen molar-refractivity contribution in [3.8, 4) is 0 Å². The number of anilines is 2. The van der Waals surface area contributed by atoms with Crippen LogP contribution in [0.2, 0.25) is 5.28 Å². The van der Waals surface area contributed by atoms with Crippen LogP contribution in [0.1, 0.15) is 17.0 Å². The lowest BCUT2D eigenvalue weighted by molar-refractivity contribution is 1.03. The number of aromatic nitrogens is 4. The summed E-state index contributed by atoms with van der Waals surface area (Å²) in [6.45, 7) is 4.32. The monoisotopic (exact) mass is 252 g/mol. The molecule has 0 radical (unpaired) electrons. The molecule has 90 valence electrons. The number of nitrogens with two attached hydrogens (primary N) is 1. The van der Waals surface area contributed by atoms with Crippen LogP contribution < -0.4 is 11.1 Å². The van der Waals surface area contributed by atoms with Gasteiger partial charge in [0.15, 0.2) is 5.82 Å². The van der Waals surface area contributed by atoms with Crippen molar-refractivity contribution >= 4 is 23.1 Å². The topological polar surface area (TPSA) is 92.5 Å². The van der Waals surface area contributed by atoms with E-state index < -0.39 is 0 Å². The number of halogens is 1. The minimum atomic E-state index is 0.183. The third-order valence-corrected chi connectivity index (χ3v) is 2.66. The van der Waals surface area contributed by atoms with E-state index >= 15 is 0 Å². The first-order valence-corrected chi connectivity index (χ1v) is 5.48. The van der Waals surface area contributed by atoms with Gasteiger partial charge in [0.05, 0.1) is 17.6 Å². The summed E-state index contributed by atoms with van der Waals surface area (Å²) in [5.41, 5.74) is 9.09. The zero-order valence-electron chi connectivity index (χ0n) is 9.58. The molecule has 2 heterocycles. The van der Waals surface area contributed by atoms with Gasteiger partial charge < -0.3 is 11.1 Å². The Labute approximate surface area is 104 Å². The smallest absolute Gasteiger partial charge is 0.224 e. The van der Waals surface area contributed by atoms with E-state index in [1.165, 1.54) is 0 Å². The lowest BCUT2D eigenvalue weighted by atomic mass is 10.2. The van der Waals surface area contributed by atoms with E-state index in [9.17, 15) is 0 Å². The van der Waals surface area contributed by atoms with Crippen LogP contribution >= 0.6 is 11.6 Å². The van der Waals surface area contributed by atoms with Crippen molar-refractivity contribution in [2.75, 3.05) is 11.1 Å². The highest BCUT2D eigenvalue weighted by Crippen LogP contribution is 2.21. The summed E-state index contributed by atoms with van der Waals surface area (Å²) in [5, 5.41) is 10.1. The molecule has 0 aromatic carbocycles. The maximum absolute atomic E-state index is 5.86. The van der Waals surface area contributed by atoms with Crippen molar-refractivity contribution in [1.82, 2.24) is 20.2 Å². The van der Waals surface area contributed by atoms with Crippen molar-refractivity contribution in [3.63, 3.8) is 0 Å². The van der Waals surface area contributed by atoms with E-state index in [4.69, 9.17) is 17.3 Å². The highest BCUT2D eigenvalue weighted by atomic mass is 35.5. The summed E-state index contributed by atoms with van der Waals surface area (Å²) in [4.78, 5) is 8.02. The van der Waals surface area contributed by atoms with Gasteiger partial charge >= 0.3 is 0 Å². The molecule has 0 atom stereocenters. The summed E-state index contributed by atoms with van der Waals surface area (Å²) in [6.07, 6.45) is 1.76. The number of aromatic amines is 1. The fourth-order valence-electron chi connectivity index (χ4n) is 1.42. The van der Waals surface area contributed by atoms with Crippen LogP contribution in [-0.4, -0.2) is 20.2 Å². The largest absolute Gasteiger partial charge is 0.394 e. The fraction of sp³-hybridized carbons (Fsp3) is 0.300. The van der Waals surface area contributed by atoms with Crippen molar-refractivity contribution in [2.24, 2.45) is 0 Å². The molecule has 0 aliphatic heterocycles. The minimum Gasteiger partial charge on any atom is -0.394 e. The highest BCUT2D eigenvalue weighted by Gasteiger charge is 2.08. The molecule has 6 nitrogen and oxygen atoms in total. The van der Waals surface area contributed by atoms with E-state index in [1.54, 1.807) is 13.1 Å². The number of rotatable bonds is 3. The Bertz CT molecular complexity index is 536. The first-order chi connectivity index (χ1) is 8.08. The predicted octanol–water partition coefficient (Wildman–Crippen LogP) is 1.66. The number of hydrogen-bond donors (Lipinski definition) is 3. The molecule has 0 unspecified atom stereocenters. The van der Waals surface area contributed by atoms with Gasteiger partial charge in [-0.15, -0.1) is 0 Å². The fourth-order valence-corrected chi connectivity index (χ4v) is 1.63. The molecular formula is C10H13ClN6. The molecule has 0 amide bonds. The number of nitrogens with one attached hydrogen (secondary N) is 2. The van der Waals surface area contributed by atoms with Gasteiger partial charge in [-0.25, -0.2) is 4.98 Å². The Morgan fingerprint density at radius 1 is 1.41 bits per heavy atom. The zero-order valence-corrected chi connectivity index (χ0v) is 10.3. The van der Waals surface area contributed by atoms with Crippen LogP contribution in [0.4, 0.5) is 11.5 Å². The SMILES string of the molecule is Cc1nc(Cl)nc(NCc2cn[nH]c2C)c1N. The number of hydrogen-bond acceptors (Lipinski definition) is 5. The van der Waals surface area contributed by atoms with Gasteiger partial charge in [0, 0.05) is 17.8 Å². The zero-order chi connectivity index (χ0) is 12.4. The standard InChI is InChI=1S/C10H13ClN6/c1-5-7(4-14-17-5)3-13-9-8(12)6(2)15-10(11)16-9/h4H,3,12H2,1-2H3,(H,14,17)(H,13,15,16). The van der Waals surface area contributed by atoms with E-state index in [0.29, 0.717) is 23.7 Å². The quantitative estimate of drug-likeness (QED) is 0.723. The third kappa shape index (κ3) is 2.47. The summed E-state index contributed by atoms with van der Waals surface area (Å²) >= 11 is 5.78. The van der Waals surface area contributed by atoms with E-state index in [0.717, 1.165) is 11.3 Å². The maximum atomic E-state index is 5.86. The summed E-state index contributed by atoms with van der Waals surface area (Å²) in [7, 11) is 0. The minimum absolute atomic E-state index is 0.183. The van der Waals surface area contributed by atoms with Crippen LogP contribution in [-0.2, 0) is 6.54 Å². The second kappa shape index (κ2) is 4.58. The van der Waals surface area contributed by atoms with Crippen molar-refractivity contribution in [1.29, 1.82) is 0 Å². The van der Waals surface area contributed by atoms with Gasteiger partial charge in [0.1, 0.15) is 0 Å². The second-order valence-corrected chi connectivity index (χ2v) is 4.05. The molecule has 0 fully saturated rings. The molecule has 0 saturated carbocycles. The second-order valence-electron chi connectivity index (χ2n) is 3.71. The average Bonchev–Trinajstić information content (AvgIpc) is 2.67. The van der Waals surface area contributed by atoms with E-state index in [1.807, 2.05) is 6.92 Å². The van der Waals surface area contributed by atoms with E-state index in [-0.39, 0.29) is 5.28 Å². The Kier molecular flexibility index (Phi) is 3.14. The molecule has 0 bridgehead atoms. The maximum Gasteiger partial charge on any atom is 0.224 e. The first-order valence-electron chi connectivity index (χ1n) is 5.10. The summed E-state index contributed by atoms with van der Waals surface area (Å²) in [5.74, 6) is 0.545. The molecule has 0 spiro atoms. The number of nitrogens with zero attached hydrogens (tertiary/aromatic N) is 3. The molecule has 0 aliphatic rings. The van der Waals surface area contributed by atoms with Crippen LogP contribution in [0, 0.1) is 13.8 Å². The molecule has 2 rings (SSSR count). The lowest BCUT2D eigenvalue weighted by Crippen LogP contribution is -2.07. The predicted molar refractivity (Wildman–Crippen MR) is 66.8 cm³/mol. The van der Waals surface area contributed by atoms with Gasteiger partial charge in [0.25, 0.3) is 0 Å². The Balaban J connectivity index is 2.17. The molecule has 17 heavy (non-hydrogen) atoms. The molecule has 7 heteroatoms. The first kappa shape index (κ1) is 11.7. The highest BCUT2D eigenvalue weighted by molar-refractivity contribution is 6.28. The van der Waals surface area contributed by atoms with Crippen LogP contribution in [0.25, 0.3) is 0 Å². The van der Waals surface area contributed by atoms with Crippen molar-refractivity contribution in [2.45, 2.75) is 20.4 Å². The van der Waals surface area contributed by atoms with Gasteiger partial charge in [-0.1, -0.05) is 0 Å². The number of nitrogen functional groups attached to an aromatic ring is 1. The van der Waals surface area contributed by atoms with Gasteiger partial charge in [-0.2, -0.15) is 10.1 Å². The number of aryl methyl sites for hydroxylation is 2. The normalized spacial score (nSPS) is 10.5. The number of H-pyrrole nitrogens is 1. The third-order valence-electron chi connectivity index (χ3n) is 2.49. The molecule has 2 aromatic heterocycles. The molecule has 2 aromatic rings. The Hall–Kier alpha value is -1.82. The van der Waals surface area contributed by atoms with Gasteiger partial charge in [0.2, 0.25) is 5.28 Å². The van der Waals surface area contributed by atoms with Gasteiger partial charge in [-0.3, -0.25) is 5.10 Å².